The maximum Gasteiger partial charge on any atom is 0.304 e. The van der Waals surface area contributed by atoms with Crippen LogP contribution in [0.15, 0.2) is 18.2 Å². The van der Waals surface area contributed by atoms with Gasteiger partial charge < -0.3 is 5.73 Å². The first-order valence-electron chi connectivity index (χ1n) is 6.64. The zero-order chi connectivity index (χ0) is 15.3. The maximum atomic E-state index is 13.6. The summed E-state index contributed by atoms with van der Waals surface area (Å²) in [4.78, 5) is 12.0. The first kappa shape index (κ1) is 16.5. The van der Waals surface area contributed by atoms with E-state index in [2.05, 4.69) is 18.7 Å². The Morgan fingerprint density at radius 2 is 2.10 bits per heavy atom. The number of nitrogens with two attached hydrogens (primary N) is 1. The van der Waals surface area contributed by atoms with Crippen molar-refractivity contribution in [1.82, 2.24) is 4.90 Å². The Bertz CT molecular complexity index is 477. The van der Waals surface area contributed by atoms with Gasteiger partial charge in [0.1, 0.15) is 0 Å². The second kappa shape index (κ2) is 6.76. The smallest absolute Gasteiger partial charge is 0.304 e. The second-order valence-electron chi connectivity index (χ2n) is 5.71. The molecule has 112 valence electrons. The molecule has 2 N–H and O–H groups in total. The van der Waals surface area contributed by atoms with Crippen molar-refractivity contribution in [2.45, 2.75) is 27.3 Å². The van der Waals surface area contributed by atoms with E-state index in [0.717, 1.165) is 18.7 Å². The summed E-state index contributed by atoms with van der Waals surface area (Å²) in [6.07, 6.45) is 0. The Kier molecular flexibility index (Phi) is 5.59. The highest BCUT2D eigenvalue weighted by Gasteiger charge is 2.20. The van der Waals surface area contributed by atoms with Crippen LogP contribution in [0.25, 0.3) is 0 Å². The normalized spacial score (nSPS) is 11.9. The lowest BCUT2D eigenvalue weighted by Gasteiger charge is -2.31. The Hall–Kier alpha value is -1.53. The fourth-order valence-corrected chi connectivity index (χ4v) is 2.00. The van der Waals surface area contributed by atoms with E-state index in [1.54, 1.807) is 6.07 Å². The summed E-state index contributed by atoms with van der Waals surface area (Å²) in [6.45, 7) is 8.89. The minimum absolute atomic E-state index is 0.0185. The molecule has 0 aliphatic carbocycles. The molecular weight excluding hydrogens is 261 g/mol. The SMILES string of the molecule is CCN(Cc1ccc([N+](=O)[O-])c(F)c1)CC(C)(C)CN. The molecular formula is C14H22FN3O2. The van der Waals surface area contributed by atoms with E-state index in [0.29, 0.717) is 13.1 Å². The lowest BCUT2D eigenvalue weighted by molar-refractivity contribution is -0.387. The van der Waals surface area contributed by atoms with Gasteiger partial charge in [0.2, 0.25) is 5.82 Å². The molecule has 0 radical (unpaired) electrons. The van der Waals surface area contributed by atoms with Gasteiger partial charge >= 0.3 is 5.69 Å². The average Bonchev–Trinajstić information content (AvgIpc) is 2.37. The molecule has 0 spiro atoms. The van der Waals surface area contributed by atoms with Gasteiger partial charge in [-0.3, -0.25) is 15.0 Å². The quantitative estimate of drug-likeness (QED) is 0.616. The number of benzene rings is 1. The predicted molar refractivity (Wildman–Crippen MR) is 76.8 cm³/mol. The fourth-order valence-electron chi connectivity index (χ4n) is 2.00. The molecule has 1 aromatic carbocycles. The number of nitro benzene ring substituents is 1. The van der Waals surface area contributed by atoms with E-state index in [1.807, 2.05) is 6.92 Å². The number of hydrogen-bond donors (Lipinski definition) is 1. The van der Waals surface area contributed by atoms with Crippen LogP contribution in [0, 0.1) is 21.3 Å². The number of nitro groups is 1. The molecule has 0 heterocycles. The highest BCUT2D eigenvalue weighted by molar-refractivity contribution is 5.34. The van der Waals surface area contributed by atoms with Crippen LogP contribution < -0.4 is 5.73 Å². The van der Waals surface area contributed by atoms with E-state index in [9.17, 15) is 14.5 Å². The summed E-state index contributed by atoms with van der Waals surface area (Å²) in [5.74, 6) is -0.790. The summed E-state index contributed by atoms with van der Waals surface area (Å²) >= 11 is 0. The van der Waals surface area contributed by atoms with Crippen LogP contribution >= 0.6 is 0 Å². The molecule has 6 heteroatoms. The van der Waals surface area contributed by atoms with Crippen LogP contribution in [0.2, 0.25) is 0 Å². The molecule has 0 aliphatic heterocycles. The highest BCUT2D eigenvalue weighted by Crippen LogP contribution is 2.21. The Balaban J connectivity index is 2.81. The van der Waals surface area contributed by atoms with Crippen LogP contribution in [-0.2, 0) is 6.54 Å². The summed E-state index contributed by atoms with van der Waals surface area (Å²) in [5, 5.41) is 10.6. The third-order valence-electron chi connectivity index (χ3n) is 3.27. The predicted octanol–water partition coefficient (Wildman–Crippen LogP) is 2.54. The lowest BCUT2D eigenvalue weighted by atomic mass is 9.93. The molecule has 1 aromatic rings. The van der Waals surface area contributed by atoms with Crippen molar-refractivity contribution in [2.24, 2.45) is 11.1 Å². The van der Waals surface area contributed by atoms with Gasteiger partial charge in [-0.15, -0.1) is 0 Å². The van der Waals surface area contributed by atoms with Crippen LogP contribution in [0.1, 0.15) is 26.3 Å². The molecule has 0 amide bonds. The largest absolute Gasteiger partial charge is 0.330 e. The van der Waals surface area contributed by atoms with Crippen molar-refractivity contribution in [1.29, 1.82) is 0 Å². The molecule has 20 heavy (non-hydrogen) atoms. The number of halogens is 1. The minimum Gasteiger partial charge on any atom is -0.330 e. The van der Waals surface area contributed by atoms with Gasteiger partial charge in [0.25, 0.3) is 0 Å². The summed E-state index contributed by atoms with van der Waals surface area (Å²) in [7, 11) is 0. The average molecular weight is 283 g/mol. The summed E-state index contributed by atoms with van der Waals surface area (Å²) < 4.78 is 13.6. The zero-order valence-corrected chi connectivity index (χ0v) is 12.2. The van der Waals surface area contributed by atoms with Crippen molar-refractivity contribution < 1.29 is 9.31 Å². The summed E-state index contributed by atoms with van der Waals surface area (Å²) in [5.41, 5.74) is 5.94. The Morgan fingerprint density at radius 1 is 1.45 bits per heavy atom. The van der Waals surface area contributed by atoms with Crippen LogP contribution in [0.5, 0.6) is 0 Å². The van der Waals surface area contributed by atoms with E-state index < -0.39 is 16.4 Å². The van der Waals surface area contributed by atoms with E-state index >= 15 is 0 Å². The topological polar surface area (TPSA) is 72.4 Å². The zero-order valence-electron chi connectivity index (χ0n) is 12.2. The molecule has 1 rings (SSSR count). The van der Waals surface area contributed by atoms with Crippen molar-refractivity contribution in [3.05, 3.63) is 39.7 Å². The molecule has 0 saturated carbocycles. The van der Waals surface area contributed by atoms with Crippen molar-refractivity contribution in [3.8, 4) is 0 Å². The number of nitrogens with zero attached hydrogens (tertiary/aromatic N) is 2. The van der Waals surface area contributed by atoms with Crippen molar-refractivity contribution in [3.63, 3.8) is 0 Å². The lowest BCUT2D eigenvalue weighted by Crippen LogP contribution is -2.38. The standard InChI is InChI=1S/C14H22FN3O2/c1-4-17(10-14(2,3)9-16)8-11-5-6-13(18(19)20)12(15)7-11/h5-7H,4,8-10,16H2,1-3H3. The van der Waals surface area contributed by atoms with Gasteiger partial charge in [-0.25, -0.2) is 0 Å². The Labute approximate surface area is 118 Å². The van der Waals surface area contributed by atoms with Gasteiger partial charge in [-0.2, -0.15) is 4.39 Å². The molecule has 5 nitrogen and oxygen atoms in total. The minimum atomic E-state index is -0.790. The van der Waals surface area contributed by atoms with Crippen LogP contribution in [0.4, 0.5) is 10.1 Å². The molecule has 0 saturated heterocycles. The third-order valence-corrected chi connectivity index (χ3v) is 3.27. The molecule has 0 fully saturated rings. The van der Waals surface area contributed by atoms with Crippen LogP contribution in [0.3, 0.4) is 0 Å². The van der Waals surface area contributed by atoms with Gasteiger partial charge in [0.15, 0.2) is 0 Å². The van der Waals surface area contributed by atoms with Crippen molar-refractivity contribution in [2.75, 3.05) is 19.6 Å². The van der Waals surface area contributed by atoms with Gasteiger partial charge in [0, 0.05) is 19.2 Å². The molecule has 0 atom stereocenters. The maximum absolute atomic E-state index is 13.6. The monoisotopic (exact) mass is 283 g/mol. The number of rotatable bonds is 7. The van der Waals surface area contributed by atoms with E-state index in [1.165, 1.54) is 12.1 Å². The van der Waals surface area contributed by atoms with Crippen LogP contribution in [-0.4, -0.2) is 29.5 Å². The van der Waals surface area contributed by atoms with Gasteiger partial charge in [-0.05, 0) is 30.1 Å². The molecule has 0 unspecified atom stereocenters. The Morgan fingerprint density at radius 3 is 2.55 bits per heavy atom. The first-order chi connectivity index (χ1) is 9.29. The van der Waals surface area contributed by atoms with Crippen molar-refractivity contribution >= 4 is 5.69 Å². The summed E-state index contributed by atoms with van der Waals surface area (Å²) in [6, 6.07) is 4.04. The third kappa shape index (κ3) is 4.54. The first-order valence-corrected chi connectivity index (χ1v) is 6.64. The van der Waals surface area contributed by atoms with Gasteiger partial charge in [0.05, 0.1) is 4.92 Å². The van der Waals surface area contributed by atoms with E-state index in [-0.39, 0.29) is 5.41 Å². The van der Waals surface area contributed by atoms with Gasteiger partial charge in [-0.1, -0.05) is 26.8 Å². The number of hydrogen-bond acceptors (Lipinski definition) is 4. The second-order valence-corrected chi connectivity index (χ2v) is 5.71. The highest BCUT2D eigenvalue weighted by atomic mass is 19.1. The molecule has 0 aliphatic rings. The molecule has 0 aromatic heterocycles. The molecule has 0 bridgehead atoms. The fraction of sp³-hybridized carbons (Fsp3) is 0.571. The van der Waals surface area contributed by atoms with E-state index in [4.69, 9.17) is 5.73 Å².